The topological polar surface area (TPSA) is 41.6 Å². The number of hydrogen-bond acceptors (Lipinski definition) is 3. The monoisotopic (exact) mass is 456 g/mol. The number of carbonyl (C=O) groups excluding carboxylic acids is 1. The van der Waals surface area contributed by atoms with Crippen LogP contribution in [-0.4, -0.2) is 37.6 Å². The highest BCUT2D eigenvalue weighted by Crippen LogP contribution is 2.37. The van der Waals surface area contributed by atoms with E-state index in [4.69, 9.17) is 4.74 Å². The average Bonchev–Trinajstić information content (AvgIpc) is 2.90. The van der Waals surface area contributed by atoms with E-state index in [-0.39, 0.29) is 17.4 Å². The number of nitrogens with one attached hydrogen (secondary N) is 1. The minimum absolute atomic E-state index is 0.0532. The maximum Gasteiger partial charge on any atom is 0.236 e. The third-order valence-electron chi connectivity index (χ3n) is 7.31. The SMILES string of the molecule is CCc1ccccc1C1(C)CCN(C(=O)CNC(c2ccccc2)c2ccc(OC)cc2)CC1. The van der Waals surface area contributed by atoms with E-state index >= 15 is 0 Å². The van der Waals surface area contributed by atoms with Crippen LogP contribution < -0.4 is 10.1 Å². The molecule has 3 aromatic rings. The number of carbonyl (C=O) groups is 1. The first-order valence-electron chi connectivity index (χ1n) is 12.3. The van der Waals surface area contributed by atoms with Gasteiger partial charge in [0.2, 0.25) is 5.91 Å². The lowest BCUT2D eigenvalue weighted by atomic mass is 9.72. The number of methoxy groups -OCH3 is 1. The van der Waals surface area contributed by atoms with Gasteiger partial charge in [-0.1, -0.05) is 80.6 Å². The van der Waals surface area contributed by atoms with Gasteiger partial charge in [0, 0.05) is 13.1 Å². The Morgan fingerprint density at radius 3 is 2.21 bits per heavy atom. The Hall–Kier alpha value is -3.11. The minimum atomic E-state index is -0.0532. The molecule has 1 aliphatic heterocycles. The average molecular weight is 457 g/mol. The molecule has 4 rings (SSSR count). The second-order valence-corrected chi connectivity index (χ2v) is 9.45. The van der Waals surface area contributed by atoms with Crippen LogP contribution in [0.2, 0.25) is 0 Å². The van der Waals surface area contributed by atoms with Crippen molar-refractivity contribution in [2.45, 2.75) is 44.6 Å². The molecule has 0 radical (unpaired) electrons. The van der Waals surface area contributed by atoms with Gasteiger partial charge in [-0.25, -0.2) is 0 Å². The van der Waals surface area contributed by atoms with E-state index in [1.807, 2.05) is 35.2 Å². The van der Waals surface area contributed by atoms with E-state index < -0.39 is 0 Å². The summed E-state index contributed by atoms with van der Waals surface area (Å²) < 4.78 is 5.31. The lowest BCUT2D eigenvalue weighted by Gasteiger charge is -2.41. The van der Waals surface area contributed by atoms with Crippen molar-refractivity contribution in [1.82, 2.24) is 10.2 Å². The maximum absolute atomic E-state index is 13.2. The first-order chi connectivity index (χ1) is 16.5. The zero-order valence-electron chi connectivity index (χ0n) is 20.6. The number of benzene rings is 3. The van der Waals surface area contributed by atoms with Crippen molar-refractivity contribution in [3.05, 3.63) is 101 Å². The Morgan fingerprint density at radius 1 is 0.941 bits per heavy atom. The second-order valence-electron chi connectivity index (χ2n) is 9.45. The Kier molecular flexibility index (Phi) is 7.69. The highest BCUT2D eigenvalue weighted by Gasteiger charge is 2.34. The Bertz CT molecular complexity index is 1070. The molecule has 1 atom stereocenters. The first-order valence-corrected chi connectivity index (χ1v) is 12.3. The second kappa shape index (κ2) is 10.9. The molecule has 0 saturated carbocycles. The number of rotatable bonds is 8. The molecule has 1 amide bonds. The molecule has 1 N–H and O–H groups in total. The number of hydrogen-bond donors (Lipinski definition) is 1. The van der Waals surface area contributed by atoms with Crippen LogP contribution in [0.4, 0.5) is 0 Å². The van der Waals surface area contributed by atoms with Crippen LogP contribution in [-0.2, 0) is 16.6 Å². The van der Waals surface area contributed by atoms with Crippen LogP contribution in [0.25, 0.3) is 0 Å². The number of likely N-dealkylation sites (tertiary alicyclic amines) is 1. The summed E-state index contributed by atoms with van der Waals surface area (Å²) in [6.07, 6.45) is 3.04. The molecule has 0 bridgehead atoms. The minimum Gasteiger partial charge on any atom is -0.497 e. The fourth-order valence-corrected chi connectivity index (χ4v) is 5.11. The molecule has 0 spiro atoms. The van der Waals surface area contributed by atoms with E-state index in [0.29, 0.717) is 6.54 Å². The van der Waals surface area contributed by atoms with Crippen molar-refractivity contribution in [3.63, 3.8) is 0 Å². The summed E-state index contributed by atoms with van der Waals surface area (Å²) in [7, 11) is 1.67. The van der Waals surface area contributed by atoms with Crippen LogP contribution in [0.15, 0.2) is 78.9 Å². The predicted octanol–water partition coefficient (Wildman–Crippen LogP) is 5.52. The molecule has 1 saturated heterocycles. The molecule has 34 heavy (non-hydrogen) atoms. The number of nitrogens with zero attached hydrogens (tertiary/aromatic N) is 1. The molecule has 0 aliphatic carbocycles. The lowest BCUT2D eigenvalue weighted by molar-refractivity contribution is -0.131. The fraction of sp³-hybridized carbons (Fsp3) is 0.367. The van der Waals surface area contributed by atoms with Crippen LogP contribution in [0.5, 0.6) is 5.75 Å². The van der Waals surface area contributed by atoms with Gasteiger partial charge >= 0.3 is 0 Å². The highest BCUT2D eigenvalue weighted by molar-refractivity contribution is 5.78. The largest absolute Gasteiger partial charge is 0.497 e. The number of ether oxygens (including phenoxy) is 1. The van der Waals surface area contributed by atoms with Gasteiger partial charge in [-0.05, 0) is 59.1 Å². The van der Waals surface area contributed by atoms with Gasteiger partial charge in [-0.2, -0.15) is 0 Å². The molecule has 4 heteroatoms. The smallest absolute Gasteiger partial charge is 0.236 e. The molecule has 1 heterocycles. The van der Waals surface area contributed by atoms with Crippen LogP contribution in [0, 0.1) is 0 Å². The molecule has 1 aliphatic rings. The lowest BCUT2D eigenvalue weighted by Crippen LogP contribution is -2.47. The van der Waals surface area contributed by atoms with Crippen molar-refractivity contribution in [2.24, 2.45) is 0 Å². The van der Waals surface area contributed by atoms with Gasteiger partial charge < -0.3 is 9.64 Å². The van der Waals surface area contributed by atoms with E-state index in [2.05, 4.69) is 67.7 Å². The molecule has 1 unspecified atom stereocenters. The molecule has 4 nitrogen and oxygen atoms in total. The predicted molar refractivity (Wildman–Crippen MR) is 138 cm³/mol. The Balaban J connectivity index is 1.41. The van der Waals surface area contributed by atoms with Gasteiger partial charge in [0.05, 0.1) is 19.7 Å². The van der Waals surface area contributed by atoms with Crippen molar-refractivity contribution in [1.29, 1.82) is 0 Å². The van der Waals surface area contributed by atoms with Gasteiger partial charge in [0.1, 0.15) is 5.75 Å². The zero-order valence-corrected chi connectivity index (χ0v) is 20.6. The fourth-order valence-electron chi connectivity index (χ4n) is 5.11. The van der Waals surface area contributed by atoms with Gasteiger partial charge in [-0.3, -0.25) is 10.1 Å². The third-order valence-corrected chi connectivity index (χ3v) is 7.31. The van der Waals surface area contributed by atoms with Gasteiger partial charge in [0.25, 0.3) is 0 Å². The standard InChI is InChI=1S/C30H36N2O2/c1-4-23-10-8-9-13-27(23)30(2)18-20-32(21-19-30)28(33)22-31-29(24-11-6-5-7-12-24)25-14-16-26(34-3)17-15-25/h5-17,29,31H,4,18-22H2,1-3H3. The number of piperidine rings is 1. The Morgan fingerprint density at radius 2 is 1.56 bits per heavy atom. The van der Waals surface area contributed by atoms with E-state index in [1.54, 1.807) is 7.11 Å². The van der Waals surface area contributed by atoms with Crippen molar-refractivity contribution in [3.8, 4) is 5.75 Å². The van der Waals surface area contributed by atoms with E-state index in [9.17, 15) is 4.79 Å². The molecular weight excluding hydrogens is 420 g/mol. The van der Waals surface area contributed by atoms with Crippen molar-refractivity contribution >= 4 is 5.91 Å². The summed E-state index contributed by atoms with van der Waals surface area (Å²) in [5.74, 6) is 0.993. The van der Waals surface area contributed by atoms with E-state index in [1.165, 1.54) is 11.1 Å². The molecule has 0 aromatic heterocycles. The number of amides is 1. The summed E-state index contributed by atoms with van der Waals surface area (Å²) in [5, 5.41) is 3.53. The van der Waals surface area contributed by atoms with Gasteiger partial charge in [0.15, 0.2) is 0 Å². The van der Waals surface area contributed by atoms with Crippen molar-refractivity contribution < 1.29 is 9.53 Å². The number of aryl methyl sites for hydroxylation is 1. The third kappa shape index (κ3) is 5.34. The van der Waals surface area contributed by atoms with Gasteiger partial charge in [-0.15, -0.1) is 0 Å². The summed E-state index contributed by atoms with van der Waals surface area (Å²) in [6.45, 7) is 6.49. The van der Waals surface area contributed by atoms with Crippen molar-refractivity contribution in [2.75, 3.05) is 26.7 Å². The molecule has 178 valence electrons. The molecule has 3 aromatic carbocycles. The maximum atomic E-state index is 13.2. The van der Waals surface area contributed by atoms with Crippen LogP contribution in [0.3, 0.4) is 0 Å². The highest BCUT2D eigenvalue weighted by atomic mass is 16.5. The zero-order chi connectivity index (χ0) is 24.0. The first kappa shape index (κ1) is 24.0. The summed E-state index contributed by atoms with van der Waals surface area (Å²) in [5.41, 5.74) is 5.26. The normalized spacial score (nSPS) is 16.1. The Labute approximate surface area is 204 Å². The molecule has 1 fully saturated rings. The summed E-state index contributed by atoms with van der Waals surface area (Å²) in [4.78, 5) is 15.2. The van der Waals surface area contributed by atoms with Crippen LogP contribution in [0.1, 0.15) is 55.0 Å². The van der Waals surface area contributed by atoms with Crippen LogP contribution >= 0.6 is 0 Å². The quantitative estimate of drug-likeness (QED) is 0.485. The molecular formula is C30H36N2O2. The summed E-state index contributed by atoms with van der Waals surface area (Å²) in [6, 6.07) is 27.1. The summed E-state index contributed by atoms with van der Waals surface area (Å²) >= 11 is 0. The van der Waals surface area contributed by atoms with E-state index in [0.717, 1.165) is 49.2 Å².